The van der Waals surface area contributed by atoms with Gasteiger partial charge in [0, 0.05) is 5.92 Å². The van der Waals surface area contributed by atoms with Crippen LogP contribution < -0.4 is 9.54 Å². The number of benzene rings is 1. The van der Waals surface area contributed by atoms with Gasteiger partial charge in [-0.05, 0) is 38.0 Å². The smallest absolute Gasteiger partial charge is 0.326 e. The number of esters is 1. The van der Waals surface area contributed by atoms with Crippen LogP contribution in [-0.4, -0.2) is 30.2 Å². The van der Waals surface area contributed by atoms with Crippen LogP contribution in [0.4, 0.5) is 0 Å². The highest BCUT2D eigenvalue weighted by Gasteiger charge is 2.23. The Balaban J connectivity index is 2.04. The van der Waals surface area contributed by atoms with Crippen molar-refractivity contribution in [2.45, 2.75) is 39.2 Å². The fourth-order valence-corrected chi connectivity index (χ4v) is 4.18. The third-order valence-corrected chi connectivity index (χ3v) is 5.43. The number of methoxy groups -OCH3 is 1. The van der Waals surface area contributed by atoms with Gasteiger partial charge in [-0.2, -0.15) is 4.99 Å². The molecule has 1 aliphatic rings. The molecule has 2 aromatic rings. The number of fused-ring (bicyclic) bond motifs is 1. The summed E-state index contributed by atoms with van der Waals surface area (Å²) in [4.78, 5) is 29.3. The SMILES string of the molecule is CCOC(=O)Cn1c(=NC(=O)C2CCCC2)sc2cc(OC)ccc21. The van der Waals surface area contributed by atoms with Gasteiger partial charge in [0.05, 0.1) is 23.9 Å². The van der Waals surface area contributed by atoms with Crippen molar-refractivity contribution in [3.05, 3.63) is 23.0 Å². The van der Waals surface area contributed by atoms with Gasteiger partial charge in [-0.1, -0.05) is 24.2 Å². The Labute approximate surface area is 150 Å². The molecule has 0 saturated heterocycles. The number of ether oxygens (including phenoxy) is 2. The number of carbonyl (C=O) groups is 2. The maximum Gasteiger partial charge on any atom is 0.326 e. The molecule has 0 atom stereocenters. The molecule has 1 aliphatic carbocycles. The predicted molar refractivity (Wildman–Crippen MR) is 95.5 cm³/mol. The molecule has 0 aliphatic heterocycles. The van der Waals surface area contributed by atoms with Gasteiger partial charge < -0.3 is 14.0 Å². The first-order chi connectivity index (χ1) is 12.1. The Morgan fingerprint density at radius 1 is 1.32 bits per heavy atom. The lowest BCUT2D eigenvalue weighted by Crippen LogP contribution is -2.24. The monoisotopic (exact) mass is 362 g/mol. The first-order valence-electron chi connectivity index (χ1n) is 8.54. The summed E-state index contributed by atoms with van der Waals surface area (Å²) < 4.78 is 13.0. The van der Waals surface area contributed by atoms with Crippen molar-refractivity contribution in [2.24, 2.45) is 10.9 Å². The zero-order valence-corrected chi connectivity index (χ0v) is 15.3. The number of hydrogen-bond acceptors (Lipinski definition) is 5. The van der Waals surface area contributed by atoms with E-state index in [4.69, 9.17) is 9.47 Å². The van der Waals surface area contributed by atoms with Crippen molar-refractivity contribution in [1.82, 2.24) is 4.57 Å². The van der Waals surface area contributed by atoms with E-state index in [1.165, 1.54) is 11.3 Å². The maximum absolute atomic E-state index is 12.5. The predicted octanol–water partition coefficient (Wildman–Crippen LogP) is 2.89. The van der Waals surface area contributed by atoms with E-state index >= 15 is 0 Å². The number of hydrogen-bond donors (Lipinski definition) is 0. The average Bonchev–Trinajstić information content (AvgIpc) is 3.23. The van der Waals surface area contributed by atoms with Crippen molar-refractivity contribution >= 4 is 33.4 Å². The van der Waals surface area contributed by atoms with E-state index in [-0.39, 0.29) is 24.3 Å². The first-order valence-corrected chi connectivity index (χ1v) is 9.35. The van der Waals surface area contributed by atoms with E-state index in [9.17, 15) is 9.59 Å². The third-order valence-electron chi connectivity index (χ3n) is 4.39. The number of thiazole rings is 1. The zero-order valence-electron chi connectivity index (χ0n) is 14.5. The van der Waals surface area contributed by atoms with Gasteiger partial charge in [-0.15, -0.1) is 0 Å². The van der Waals surface area contributed by atoms with Gasteiger partial charge in [0.15, 0.2) is 4.80 Å². The van der Waals surface area contributed by atoms with Gasteiger partial charge in [-0.25, -0.2) is 0 Å². The second-order valence-corrected chi connectivity index (χ2v) is 7.05. The average molecular weight is 362 g/mol. The summed E-state index contributed by atoms with van der Waals surface area (Å²) in [6.45, 7) is 2.13. The number of rotatable bonds is 5. The Morgan fingerprint density at radius 3 is 2.76 bits per heavy atom. The van der Waals surface area contributed by atoms with E-state index < -0.39 is 0 Å². The second kappa shape index (κ2) is 7.82. The summed E-state index contributed by atoms with van der Waals surface area (Å²) >= 11 is 1.39. The largest absolute Gasteiger partial charge is 0.497 e. The quantitative estimate of drug-likeness (QED) is 0.767. The Morgan fingerprint density at radius 2 is 2.08 bits per heavy atom. The highest BCUT2D eigenvalue weighted by molar-refractivity contribution is 7.16. The minimum atomic E-state index is -0.340. The molecular weight excluding hydrogens is 340 g/mol. The molecule has 25 heavy (non-hydrogen) atoms. The van der Waals surface area contributed by atoms with Crippen LogP contribution in [0, 0.1) is 5.92 Å². The molecule has 0 spiro atoms. The molecule has 0 unspecified atom stereocenters. The lowest BCUT2D eigenvalue weighted by Gasteiger charge is -2.06. The lowest BCUT2D eigenvalue weighted by molar-refractivity contribution is -0.143. The van der Waals surface area contributed by atoms with Gasteiger partial charge in [0.1, 0.15) is 12.3 Å². The molecule has 0 radical (unpaired) electrons. The van der Waals surface area contributed by atoms with Crippen LogP contribution in [0.1, 0.15) is 32.6 Å². The van der Waals surface area contributed by atoms with Crippen LogP contribution in [0.2, 0.25) is 0 Å². The lowest BCUT2D eigenvalue weighted by atomic mass is 10.1. The van der Waals surface area contributed by atoms with Crippen molar-refractivity contribution in [3.8, 4) is 5.75 Å². The minimum absolute atomic E-state index is 0.00999. The summed E-state index contributed by atoms with van der Waals surface area (Å²) in [5.41, 5.74) is 0.844. The first kappa shape index (κ1) is 17.7. The molecule has 1 aromatic carbocycles. The Bertz CT molecular complexity index is 846. The summed E-state index contributed by atoms with van der Waals surface area (Å²) in [6.07, 6.45) is 3.97. The molecule has 1 fully saturated rings. The molecule has 7 heteroatoms. The number of carbonyl (C=O) groups excluding carboxylic acids is 2. The summed E-state index contributed by atoms with van der Waals surface area (Å²) in [7, 11) is 1.61. The fourth-order valence-electron chi connectivity index (χ4n) is 3.11. The van der Waals surface area contributed by atoms with Gasteiger partial charge in [-0.3, -0.25) is 9.59 Å². The van der Waals surface area contributed by atoms with E-state index in [0.29, 0.717) is 11.4 Å². The second-order valence-electron chi connectivity index (χ2n) is 6.04. The van der Waals surface area contributed by atoms with Crippen molar-refractivity contribution in [2.75, 3.05) is 13.7 Å². The van der Waals surface area contributed by atoms with Crippen LogP contribution in [0.3, 0.4) is 0 Å². The van der Waals surface area contributed by atoms with Crippen LogP contribution in [0.5, 0.6) is 5.75 Å². The highest BCUT2D eigenvalue weighted by Crippen LogP contribution is 2.26. The number of amides is 1. The third kappa shape index (κ3) is 3.92. The standard InChI is InChI=1S/C18H22N2O4S/c1-3-24-16(21)11-20-14-9-8-13(23-2)10-15(14)25-18(20)19-17(22)12-6-4-5-7-12/h8-10,12H,3-7,11H2,1-2H3. The topological polar surface area (TPSA) is 69.9 Å². The van der Waals surface area contributed by atoms with Crippen molar-refractivity contribution in [1.29, 1.82) is 0 Å². The van der Waals surface area contributed by atoms with Crippen LogP contribution in [-0.2, 0) is 20.9 Å². The van der Waals surface area contributed by atoms with Crippen LogP contribution >= 0.6 is 11.3 Å². The molecule has 1 amide bonds. The molecule has 1 saturated carbocycles. The van der Waals surface area contributed by atoms with E-state index in [1.54, 1.807) is 18.6 Å². The van der Waals surface area contributed by atoms with Gasteiger partial charge in [0.2, 0.25) is 0 Å². The molecule has 3 rings (SSSR count). The molecule has 0 N–H and O–H groups in total. The van der Waals surface area contributed by atoms with E-state index in [1.807, 2.05) is 18.2 Å². The van der Waals surface area contributed by atoms with Crippen LogP contribution in [0.15, 0.2) is 23.2 Å². The molecule has 1 heterocycles. The normalized spacial score (nSPS) is 15.7. The van der Waals surface area contributed by atoms with E-state index in [0.717, 1.165) is 41.6 Å². The molecule has 1 aromatic heterocycles. The zero-order chi connectivity index (χ0) is 17.8. The van der Waals surface area contributed by atoms with Crippen LogP contribution in [0.25, 0.3) is 10.2 Å². The Hall–Kier alpha value is -2.15. The van der Waals surface area contributed by atoms with Crippen molar-refractivity contribution in [3.63, 3.8) is 0 Å². The maximum atomic E-state index is 12.5. The van der Waals surface area contributed by atoms with Gasteiger partial charge >= 0.3 is 5.97 Å². The summed E-state index contributed by atoms with van der Waals surface area (Å²) in [5.74, 6) is 0.308. The van der Waals surface area contributed by atoms with Gasteiger partial charge in [0.25, 0.3) is 5.91 Å². The molecule has 0 bridgehead atoms. The summed E-state index contributed by atoms with van der Waals surface area (Å²) in [5, 5.41) is 0. The summed E-state index contributed by atoms with van der Waals surface area (Å²) in [6, 6.07) is 5.60. The minimum Gasteiger partial charge on any atom is -0.497 e. The Kier molecular flexibility index (Phi) is 5.53. The van der Waals surface area contributed by atoms with E-state index in [2.05, 4.69) is 4.99 Å². The fraction of sp³-hybridized carbons (Fsp3) is 0.500. The number of nitrogens with zero attached hydrogens (tertiary/aromatic N) is 2. The molecule has 6 nitrogen and oxygen atoms in total. The molecule has 134 valence electrons. The number of aromatic nitrogens is 1. The highest BCUT2D eigenvalue weighted by atomic mass is 32.1. The molecular formula is C18H22N2O4S. The van der Waals surface area contributed by atoms with Crippen molar-refractivity contribution < 1.29 is 19.1 Å².